The van der Waals surface area contributed by atoms with Crippen molar-refractivity contribution in [3.63, 3.8) is 0 Å². The van der Waals surface area contributed by atoms with E-state index in [0.717, 1.165) is 16.1 Å². The zero-order chi connectivity index (χ0) is 31.5. The normalized spacial score (nSPS) is 17.5. The molecule has 2 aliphatic heterocycles. The van der Waals surface area contributed by atoms with E-state index < -0.39 is 43.9 Å². The van der Waals surface area contributed by atoms with Crippen LogP contribution in [0.1, 0.15) is 50.8 Å². The minimum atomic E-state index is -2.28. The molecule has 0 unspecified atom stereocenters. The van der Waals surface area contributed by atoms with Crippen LogP contribution in [0.3, 0.4) is 0 Å². The minimum absolute atomic E-state index is 0.0192. The molecule has 13 heteroatoms. The van der Waals surface area contributed by atoms with Gasteiger partial charge in [-0.25, -0.2) is 14.6 Å². The maximum Gasteiger partial charge on any atom is 0.408 e. The number of halogens is 1. The molecule has 0 radical (unpaired) electrons. The second kappa shape index (κ2) is 10.7. The summed E-state index contributed by atoms with van der Waals surface area (Å²) in [6.45, 7) is 10.3. The van der Waals surface area contributed by atoms with E-state index in [2.05, 4.69) is 18.4 Å². The minimum Gasteiger partial charge on any atom is -0.508 e. The van der Waals surface area contributed by atoms with E-state index in [1.165, 1.54) is 0 Å². The third kappa shape index (κ3) is 5.27. The largest absolute Gasteiger partial charge is 0.508 e. The van der Waals surface area contributed by atoms with Crippen molar-refractivity contribution in [1.29, 1.82) is 0 Å². The van der Waals surface area contributed by atoms with Gasteiger partial charge in [0, 0.05) is 5.56 Å². The number of aromatic nitrogens is 2. The second-order valence-electron chi connectivity index (χ2n) is 12.4. The highest BCUT2D eigenvalue weighted by atomic mass is 35.5. The number of pyridine rings is 2. The molecule has 3 aromatic rings. The van der Waals surface area contributed by atoms with Crippen molar-refractivity contribution in [2.75, 3.05) is 12.0 Å². The van der Waals surface area contributed by atoms with Gasteiger partial charge in [0.2, 0.25) is 5.60 Å². The summed E-state index contributed by atoms with van der Waals surface area (Å²) in [5.41, 5.74) is 0.280. The number of fused-ring (bicyclic) bond motifs is 5. The SMILES string of the molecule is CC[C@@]1(OC(=O)CNC(=O)OC(C)(C)C)C(=O)OCc2c1cc1n(c2=O)Cc2c-1nc1ccc(O)cc1c2[Si-](C)(C)CCl. The Bertz CT molecular complexity index is 1750. The Morgan fingerprint density at radius 2 is 1.93 bits per heavy atom. The summed E-state index contributed by atoms with van der Waals surface area (Å²) in [7, 11) is -2.28. The van der Waals surface area contributed by atoms with Gasteiger partial charge in [0.25, 0.3) is 5.56 Å². The number of hydrogen-bond donors (Lipinski definition) is 2. The van der Waals surface area contributed by atoms with Crippen molar-refractivity contribution in [3.8, 4) is 17.1 Å². The third-order valence-corrected chi connectivity index (χ3v) is 12.3. The number of aromatic hydroxyl groups is 1. The van der Waals surface area contributed by atoms with Gasteiger partial charge < -0.3 is 29.2 Å². The number of esters is 2. The van der Waals surface area contributed by atoms with Crippen LogP contribution in [0.4, 0.5) is 4.79 Å². The fraction of sp³-hybridized carbons (Fsp3) is 0.433. The molecule has 5 rings (SSSR count). The van der Waals surface area contributed by atoms with Crippen molar-refractivity contribution in [2.45, 2.75) is 71.6 Å². The lowest BCUT2D eigenvalue weighted by molar-refractivity contribution is -0.188. The van der Waals surface area contributed by atoms with Gasteiger partial charge in [-0.05, 0) is 62.4 Å². The lowest BCUT2D eigenvalue weighted by Gasteiger charge is -2.36. The summed E-state index contributed by atoms with van der Waals surface area (Å²) >= 11 is 6.49. The smallest absolute Gasteiger partial charge is 0.408 e. The summed E-state index contributed by atoms with van der Waals surface area (Å²) in [6, 6.07) is 6.63. The van der Waals surface area contributed by atoms with E-state index in [9.17, 15) is 24.3 Å². The summed E-state index contributed by atoms with van der Waals surface area (Å²) in [4.78, 5) is 57.2. The monoisotopic (exact) mass is 627 g/mol. The van der Waals surface area contributed by atoms with Crippen LogP contribution in [0.2, 0.25) is 13.1 Å². The first kappa shape index (κ1) is 30.6. The van der Waals surface area contributed by atoms with Crippen LogP contribution >= 0.6 is 11.6 Å². The van der Waals surface area contributed by atoms with Gasteiger partial charge in [0.15, 0.2) is 0 Å². The molecular formula is C30H34ClN3O8Si-. The second-order valence-corrected chi connectivity index (χ2v) is 17.8. The number of cyclic esters (lactones) is 1. The zero-order valence-corrected chi connectivity index (χ0v) is 26.7. The first-order valence-electron chi connectivity index (χ1n) is 14.0. The highest BCUT2D eigenvalue weighted by Gasteiger charge is 2.50. The number of carbonyl (C=O) groups excluding carboxylic acids is 3. The van der Waals surface area contributed by atoms with Crippen LogP contribution in [0.15, 0.2) is 29.1 Å². The van der Waals surface area contributed by atoms with Gasteiger partial charge in [-0.3, -0.25) is 9.59 Å². The van der Waals surface area contributed by atoms with Crippen LogP contribution in [0.25, 0.3) is 22.3 Å². The van der Waals surface area contributed by atoms with Gasteiger partial charge in [-0.15, -0.1) is 8.07 Å². The molecular weight excluding hydrogens is 594 g/mol. The Morgan fingerprint density at radius 1 is 1.21 bits per heavy atom. The molecule has 0 saturated heterocycles. The Hall–Kier alpha value is -3.90. The van der Waals surface area contributed by atoms with Crippen LogP contribution in [0.5, 0.6) is 5.75 Å². The Balaban J connectivity index is 1.62. The molecule has 4 heterocycles. The average Bonchev–Trinajstić information content (AvgIpc) is 3.29. The molecule has 2 aromatic heterocycles. The van der Waals surface area contributed by atoms with Crippen LogP contribution in [-0.2, 0) is 42.6 Å². The molecule has 0 aliphatic carbocycles. The van der Waals surface area contributed by atoms with Gasteiger partial charge in [-0.1, -0.05) is 12.4 Å². The molecule has 2 N–H and O–H groups in total. The van der Waals surface area contributed by atoms with Crippen molar-refractivity contribution >= 4 is 53.8 Å². The number of phenols is 1. The number of benzene rings is 1. The number of alkyl halides is 1. The Morgan fingerprint density at radius 3 is 2.58 bits per heavy atom. The number of carbonyl (C=O) groups is 3. The van der Waals surface area contributed by atoms with E-state index in [4.69, 9.17) is 30.8 Å². The van der Waals surface area contributed by atoms with Crippen molar-refractivity contribution in [1.82, 2.24) is 14.9 Å². The molecule has 43 heavy (non-hydrogen) atoms. The van der Waals surface area contributed by atoms with Crippen molar-refractivity contribution < 1.29 is 33.7 Å². The fourth-order valence-electron chi connectivity index (χ4n) is 5.75. The predicted octanol–water partition coefficient (Wildman–Crippen LogP) is 3.55. The lowest BCUT2D eigenvalue weighted by Crippen LogP contribution is -2.49. The standard InChI is InChI=1S/C30H34ClN3O8Si/c1-7-30(41-23(36)12-32-28(39)42-29(2,3)4)20-11-22-24-18(13-34(22)26(37)19(20)14-40-27(30)38)25(43(5,6)15-31)17-10-16(35)8-9-21(17)33-24/h8-11,35H,7,12-15H2,1-6H3,(H,32,39)/q-1/t30-/m0/s1. The first-order chi connectivity index (χ1) is 20.1. The molecule has 0 saturated carbocycles. The summed E-state index contributed by atoms with van der Waals surface area (Å²) in [6.07, 6.45) is -0.839. The fourth-order valence-corrected chi connectivity index (χ4v) is 8.23. The number of alkyl carbamates (subject to hydrolysis) is 1. The average molecular weight is 628 g/mol. The van der Waals surface area contributed by atoms with E-state index in [-0.39, 0.29) is 42.0 Å². The molecule has 11 nitrogen and oxygen atoms in total. The highest BCUT2D eigenvalue weighted by molar-refractivity contribution is 6.95. The highest BCUT2D eigenvalue weighted by Crippen LogP contribution is 2.41. The Kier molecular flexibility index (Phi) is 7.58. The molecule has 0 bridgehead atoms. The number of hydrogen-bond acceptors (Lipinski definition) is 9. The lowest BCUT2D eigenvalue weighted by atomic mass is 9.85. The molecule has 0 spiro atoms. The molecule has 229 valence electrons. The quantitative estimate of drug-likeness (QED) is 0.142. The van der Waals surface area contributed by atoms with Crippen molar-refractivity contribution in [2.24, 2.45) is 0 Å². The zero-order valence-electron chi connectivity index (χ0n) is 24.9. The summed E-state index contributed by atoms with van der Waals surface area (Å²) in [5.74, 6) is -1.61. The predicted molar refractivity (Wildman–Crippen MR) is 162 cm³/mol. The van der Waals surface area contributed by atoms with E-state index >= 15 is 0 Å². The first-order valence-corrected chi connectivity index (χ1v) is 17.7. The third-order valence-electron chi connectivity index (χ3n) is 7.71. The molecule has 1 atom stereocenters. The van der Waals surface area contributed by atoms with Crippen LogP contribution in [0, 0.1) is 0 Å². The molecule has 0 fully saturated rings. The van der Waals surface area contributed by atoms with Gasteiger partial charge in [0.05, 0.1) is 29.0 Å². The number of phenolic OH excluding ortho intramolecular Hbond substituents is 1. The van der Waals surface area contributed by atoms with E-state index in [1.807, 2.05) is 0 Å². The number of ether oxygens (including phenoxy) is 3. The van der Waals surface area contributed by atoms with Crippen LogP contribution < -0.4 is 16.1 Å². The molecule has 1 amide bonds. The Labute approximate surface area is 254 Å². The number of nitrogens with zero attached hydrogens (tertiary/aromatic N) is 2. The molecule has 2 aliphatic rings. The summed E-state index contributed by atoms with van der Waals surface area (Å²) < 4.78 is 17.9. The maximum absolute atomic E-state index is 14.0. The van der Waals surface area contributed by atoms with Gasteiger partial charge in [0.1, 0.15) is 24.5 Å². The van der Waals surface area contributed by atoms with E-state index in [0.29, 0.717) is 22.4 Å². The number of amides is 1. The summed E-state index contributed by atoms with van der Waals surface area (Å²) in [5, 5.41) is 14.4. The topological polar surface area (TPSA) is 146 Å². The molecule has 1 aromatic carbocycles. The number of rotatable bonds is 6. The number of nitrogens with one attached hydrogen (secondary N) is 1. The van der Waals surface area contributed by atoms with Gasteiger partial charge >= 0.3 is 18.0 Å². The van der Waals surface area contributed by atoms with Gasteiger partial charge in [-0.2, -0.15) is 29.9 Å². The van der Waals surface area contributed by atoms with Crippen LogP contribution in [-0.4, -0.2) is 58.4 Å². The van der Waals surface area contributed by atoms with E-state index in [1.54, 1.807) is 56.5 Å². The van der Waals surface area contributed by atoms with Crippen molar-refractivity contribution in [3.05, 3.63) is 51.3 Å². The maximum atomic E-state index is 14.0.